The van der Waals surface area contributed by atoms with Gasteiger partial charge in [-0.1, -0.05) is 61.6 Å². The summed E-state index contributed by atoms with van der Waals surface area (Å²) in [4.78, 5) is 41.2. The molecule has 1 aliphatic carbocycles. The number of hydrogen-bond acceptors (Lipinski definition) is 19. The van der Waals surface area contributed by atoms with Gasteiger partial charge >= 0.3 is 0 Å². The fraction of sp³-hybridized carbons (Fsp3) is 0.491. The Kier molecular flexibility index (Phi) is 15.0. The number of aromatic hydroxyl groups is 1. The lowest BCUT2D eigenvalue weighted by molar-refractivity contribution is -0.141. The molecular formula is C55H66N12O8S. The Hall–Kier alpha value is -6.94. The maximum atomic E-state index is 14.2. The number of aliphatic hydroxyl groups excluding tert-OH is 1. The van der Waals surface area contributed by atoms with Crippen molar-refractivity contribution in [2.45, 2.75) is 120 Å². The zero-order valence-electron chi connectivity index (χ0n) is 43.1. The Labute approximate surface area is 445 Å². The molecule has 0 spiro atoms. The van der Waals surface area contributed by atoms with Crippen LogP contribution in [0, 0.1) is 5.92 Å². The van der Waals surface area contributed by atoms with E-state index in [1.54, 1.807) is 23.7 Å². The Morgan fingerprint density at radius 2 is 1.66 bits per heavy atom. The summed E-state index contributed by atoms with van der Waals surface area (Å²) in [5, 5.41) is 45.8. The van der Waals surface area contributed by atoms with Crippen LogP contribution in [-0.4, -0.2) is 151 Å². The van der Waals surface area contributed by atoms with Crippen molar-refractivity contribution in [3.05, 3.63) is 95.8 Å². The lowest BCUT2D eigenvalue weighted by Gasteiger charge is -2.43. The van der Waals surface area contributed by atoms with Crippen LogP contribution in [0.15, 0.2) is 89.0 Å². The molecule has 5 N–H and O–H groups in total. The number of nitrogens with two attached hydrogens (primary N) is 1. The van der Waals surface area contributed by atoms with Gasteiger partial charge in [-0.3, -0.25) is 14.5 Å². The molecule has 6 aromatic rings. The van der Waals surface area contributed by atoms with Gasteiger partial charge in [0.15, 0.2) is 11.6 Å². The van der Waals surface area contributed by atoms with E-state index in [9.17, 15) is 19.8 Å². The molecule has 76 heavy (non-hydrogen) atoms. The maximum absolute atomic E-state index is 14.2. The number of nitrogens with one attached hydrogen (secondary N) is 1. The zero-order chi connectivity index (χ0) is 52.5. The van der Waals surface area contributed by atoms with E-state index in [1.807, 2.05) is 69.4 Å². The quantitative estimate of drug-likeness (QED) is 0.0744. The Morgan fingerprint density at radius 3 is 2.39 bits per heavy atom. The van der Waals surface area contributed by atoms with E-state index >= 15 is 0 Å². The van der Waals surface area contributed by atoms with E-state index < -0.39 is 18.1 Å². The number of carbonyl (C=O) groups is 2. The van der Waals surface area contributed by atoms with Crippen LogP contribution in [0.5, 0.6) is 17.5 Å². The topological polar surface area (TPSA) is 244 Å². The lowest BCUT2D eigenvalue weighted by atomic mass is 9.91. The van der Waals surface area contributed by atoms with Gasteiger partial charge in [-0.05, 0) is 73.5 Å². The Bertz CT molecular complexity index is 2940. The van der Waals surface area contributed by atoms with Crippen LogP contribution in [0.1, 0.15) is 89.0 Å². The molecule has 400 valence electrons. The summed E-state index contributed by atoms with van der Waals surface area (Å²) in [5.74, 6) is 0.298. The number of pyridine rings is 1. The molecule has 2 bridgehead atoms. The number of para-hydroxylation sites is 1. The molecule has 11 rings (SSSR count). The number of nitrogens with zero attached hydrogens (tertiary/aromatic N) is 10. The monoisotopic (exact) mass is 1050 g/mol. The summed E-state index contributed by atoms with van der Waals surface area (Å²) < 4.78 is 24.7. The van der Waals surface area contributed by atoms with Crippen molar-refractivity contribution >= 4 is 40.3 Å². The van der Waals surface area contributed by atoms with Crippen LogP contribution in [0.4, 0.5) is 17.2 Å². The highest BCUT2D eigenvalue weighted by Gasteiger charge is 2.45. The molecular weight excluding hydrogens is 989 g/mol. The van der Waals surface area contributed by atoms with Gasteiger partial charge in [0.1, 0.15) is 40.9 Å². The van der Waals surface area contributed by atoms with Gasteiger partial charge in [-0.25, -0.2) is 4.98 Å². The number of piperazine rings is 1. The van der Waals surface area contributed by atoms with E-state index in [0.29, 0.717) is 47.7 Å². The molecule has 2 amide bonds. The van der Waals surface area contributed by atoms with Crippen molar-refractivity contribution < 1.29 is 38.5 Å². The number of rotatable bonds is 18. The lowest BCUT2D eigenvalue weighted by Crippen LogP contribution is -2.54. The van der Waals surface area contributed by atoms with Crippen LogP contribution in [0.2, 0.25) is 0 Å². The van der Waals surface area contributed by atoms with Crippen molar-refractivity contribution in [2.75, 3.05) is 61.4 Å². The van der Waals surface area contributed by atoms with Crippen LogP contribution < -0.4 is 30.3 Å². The van der Waals surface area contributed by atoms with Gasteiger partial charge in [0.05, 0.1) is 35.7 Å². The van der Waals surface area contributed by atoms with Gasteiger partial charge in [0, 0.05) is 106 Å². The summed E-state index contributed by atoms with van der Waals surface area (Å²) in [6.07, 6.45) is 7.20. The van der Waals surface area contributed by atoms with Crippen molar-refractivity contribution in [3.8, 4) is 39.3 Å². The molecule has 4 saturated heterocycles. The normalized spacial score (nSPS) is 23.6. The minimum atomic E-state index is -0.837. The summed E-state index contributed by atoms with van der Waals surface area (Å²) in [5.41, 5.74) is 13.1. The third-order valence-corrected chi connectivity index (χ3v) is 16.5. The predicted octanol–water partition coefficient (Wildman–Crippen LogP) is 6.24. The Morgan fingerprint density at radius 1 is 0.882 bits per heavy atom. The number of likely N-dealkylation sites (tertiary alicyclic amines) is 2. The minimum Gasteiger partial charge on any atom is -0.507 e. The summed E-state index contributed by atoms with van der Waals surface area (Å²) >= 11 is 1.45. The number of aromatic nitrogens is 6. The Balaban J connectivity index is 0.601. The number of hydrogen-bond donors (Lipinski definition) is 4. The van der Waals surface area contributed by atoms with E-state index in [-0.39, 0.29) is 72.9 Å². The molecule has 4 aromatic heterocycles. The molecule has 0 radical (unpaired) electrons. The van der Waals surface area contributed by atoms with Gasteiger partial charge < -0.3 is 54.7 Å². The van der Waals surface area contributed by atoms with Crippen molar-refractivity contribution in [2.24, 2.45) is 5.92 Å². The number of benzene rings is 2. The van der Waals surface area contributed by atoms with Gasteiger partial charge in [0.2, 0.25) is 17.7 Å². The van der Waals surface area contributed by atoms with Crippen molar-refractivity contribution in [1.82, 2.24) is 45.7 Å². The molecule has 4 aliphatic heterocycles. The molecule has 1 saturated carbocycles. The molecule has 2 aromatic carbocycles. The van der Waals surface area contributed by atoms with Crippen molar-refractivity contribution in [3.63, 3.8) is 0 Å². The fourth-order valence-electron chi connectivity index (χ4n) is 11.6. The van der Waals surface area contributed by atoms with E-state index in [4.69, 9.17) is 24.5 Å². The van der Waals surface area contributed by atoms with Crippen LogP contribution in [0.25, 0.3) is 21.8 Å². The fourth-order valence-corrected chi connectivity index (χ4v) is 12.2. The second-order valence-electron chi connectivity index (χ2n) is 21.2. The summed E-state index contributed by atoms with van der Waals surface area (Å²) in [6.45, 7) is 10.3. The number of anilines is 3. The molecule has 5 fully saturated rings. The first-order valence-corrected chi connectivity index (χ1v) is 27.5. The smallest absolute Gasteiger partial charge is 0.254 e. The van der Waals surface area contributed by atoms with Crippen molar-refractivity contribution in [1.29, 1.82) is 0 Å². The first-order chi connectivity index (χ1) is 36.9. The zero-order valence-corrected chi connectivity index (χ0v) is 43.9. The number of piperidine rings is 1. The molecule has 6 atom stereocenters. The van der Waals surface area contributed by atoms with E-state index in [0.717, 1.165) is 92.2 Å². The number of phenolic OH excluding ortho intramolecular Hbond substituents is 1. The highest BCUT2D eigenvalue weighted by molar-refractivity contribution is 7.12. The molecule has 2 unspecified atom stereocenters. The third kappa shape index (κ3) is 11.1. The van der Waals surface area contributed by atoms with Gasteiger partial charge in [0.25, 0.3) is 5.88 Å². The van der Waals surface area contributed by atoms with Crippen LogP contribution >= 0.6 is 11.3 Å². The number of ether oxygens (including phenoxy) is 3. The largest absolute Gasteiger partial charge is 0.507 e. The predicted molar refractivity (Wildman–Crippen MR) is 285 cm³/mol. The third-order valence-electron chi connectivity index (χ3n) is 15.7. The number of β-amino-alcohol motifs (C(OH)–C–C–N with tert-alkyl or cyclic N) is 1. The summed E-state index contributed by atoms with van der Waals surface area (Å²) in [7, 11) is 0. The second-order valence-corrected chi connectivity index (χ2v) is 22.0. The average molecular weight is 1060 g/mol. The molecule has 5 aliphatic rings. The van der Waals surface area contributed by atoms with E-state index in [2.05, 4.69) is 62.7 Å². The van der Waals surface area contributed by atoms with Crippen LogP contribution in [0.3, 0.4) is 0 Å². The molecule has 8 heterocycles. The second kappa shape index (κ2) is 22.3. The van der Waals surface area contributed by atoms with E-state index in [1.165, 1.54) is 16.2 Å². The van der Waals surface area contributed by atoms with Gasteiger partial charge in [-0.2, -0.15) is 0 Å². The minimum absolute atomic E-state index is 0.0465. The number of fused-ring (bicyclic) bond motifs is 2. The van der Waals surface area contributed by atoms with Crippen LogP contribution in [-0.2, 0) is 14.3 Å². The number of phenols is 1. The first-order valence-electron chi connectivity index (χ1n) is 26.6. The molecule has 21 heteroatoms. The maximum Gasteiger partial charge on any atom is 0.254 e. The summed E-state index contributed by atoms with van der Waals surface area (Å²) in [6, 6.07) is 22.1. The SMILES string of the molecule is CC(C)[C@@H](C(=O)N1C[C@H](O)C[C@H]1C(=O)N[C@@H](C)c1ccc(-c2nncs2)cc1)c1cc(OCCN2CCC(O[C@H]3C[C@H](Oc4cc(N5C6CCC5CN(c5cc(-c7ccccc7O)nnc5N)C6)ccn4)C3)CC2)no1. The highest BCUT2D eigenvalue weighted by Crippen LogP contribution is 2.41. The number of aliphatic hydroxyl groups is 1. The number of nitrogen functional groups attached to an aromatic ring is 1. The van der Waals surface area contributed by atoms with Gasteiger partial charge in [-0.15, -0.1) is 20.4 Å². The molecule has 20 nitrogen and oxygen atoms in total. The first kappa shape index (κ1) is 51.2. The highest BCUT2D eigenvalue weighted by atomic mass is 32.1. The average Bonchev–Trinajstić information content (AvgIpc) is 4.27. The number of carbonyl (C=O) groups excluding carboxylic acids is 2. The standard InChI is InChI=1S/C55H66N12O8S/c1-32(2)51(55(71)66-30-39(68)23-46(66)53(70)59-33(3)34-8-10-35(11-9-34)54-62-58-31-76-54)48-27-50(63-75-48)72-21-20-64-18-15-40(16-19-64)73-41-24-42(25-41)74-49-22-36(14-17-57-49)67-37-12-13-38(67)29-65(28-37)45-26-44(60-61-52(45)56)43-6-4-5-7-47(43)69/h4-11,14,17,22,26-27,31-33,37-42,46,51,68-69H,12-13,15-16,18-21,23-25,28-30H2,1-3H3,(H2,56,61)(H,59,70)/t33-,37?,38?,39+,41-,42-,46-,51+/m0/s1. The number of amides is 2.